The first-order chi connectivity index (χ1) is 12.9. The summed E-state index contributed by atoms with van der Waals surface area (Å²) in [5.41, 5.74) is 1.93. The molecule has 2 heterocycles. The fourth-order valence-corrected chi connectivity index (χ4v) is 4.70. The largest absolute Gasteiger partial charge is 0.481 e. The molecular formula is C20H25ClN4O2. The van der Waals surface area contributed by atoms with Gasteiger partial charge < -0.3 is 10.0 Å². The fraction of sp³-hybridized carbons (Fsp3) is 0.550. The summed E-state index contributed by atoms with van der Waals surface area (Å²) in [6.07, 6.45) is 5.29. The fourth-order valence-electron chi connectivity index (χ4n) is 4.51. The standard InChI is InChI=1S/C20H25ClN4O2/c1-24(2)16-6-3-12(4-7-16)19-23-22-18-11-14(20(26)27)9-13-10-15(21)5-8-17(13)25(18)19/h5,8,10,12,14,16H,3-4,6-7,9,11H2,1-2H3,(H,26,27). The van der Waals surface area contributed by atoms with E-state index < -0.39 is 11.9 Å². The van der Waals surface area contributed by atoms with Gasteiger partial charge in [0.1, 0.15) is 11.6 Å². The van der Waals surface area contributed by atoms with Crippen LogP contribution >= 0.6 is 11.6 Å². The van der Waals surface area contributed by atoms with E-state index in [9.17, 15) is 9.90 Å². The predicted molar refractivity (Wildman–Crippen MR) is 104 cm³/mol. The van der Waals surface area contributed by atoms with E-state index in [2.05, 4.69) is 33.8 Å². The van der Waals surface area contributed by atoms with Gasteiger partial charge in [-0.2, -0.15) is 0 Å². The molecule has 27 heavy (non-hydrogen) atoms. The number of nitrogens with zero attached hydrogens (tertiary/aromatic N) is 4. The molecule has 6 nitrogen and oxygen atoms in total. The van der Waals surface area contributed by atoms with E-state index in [0.29, 0.717) is 29.8 Å². The maximum atomic E-state index is 11.7. The molecule has 1 aliphatic carbocycles. The van der Waals surface area contributed by atoms with Gasteiger partial charge in [0.15, 0.2) is 0 Å². The van der Waals surface area contributed by atoms with Gasteiger partial charge in [-0.1, -0.05) is 11.6 Å². The SMILES string of the molecule is CN(C)C1CCC(c2nnc3n2-c2ccc(Cl)cc2CC(C(=O)O)C3)CC1. The number of aliphatic carboxylic acids is 1. The minimum absolute atomic E-state index is 0.354. The zero-order valence-electron chi connectivity index (χ0n) is 15.7. The molecule has 4 rings (SSSR count). The van der Waals surface area contributed by atoms with Crippen molar-refractivity contribution in [1.82, 2.24) is 19.7 Å². The van der Waals surface area contributed by atoms with Crippen molar-refractivity contribution >= 4 is 17.6 Å². The summed E-state index contributed by atoms with van der Waals surface area (Å²) >= 11 is 6.20. The number of carbonyl (C=O) groups is 1. The van der Waals surface area contributed by atoms with E-state index in [1.165, 1.54) is 0 Å². The average Bonchev–Trinajstić information content (AvgIpc) is 2.97. The van der Waals surface area contributed by atoms with Crippen molar-refractivity contribution in [3.63, 3.8) is 0 Å². The number of carboxylic acids is 1. The Balaban J connectivity index is 1.73. The minimum Gasteiger partial charge on any atom is -0.481 e. The predicted octanol–water partition coefficient (Wildman–Crippen LogP) is 3.31. The summed E-state index contributed by atoms with van der Waals surface area (Å²) in [4.78, 5) is 14.0. The first-order valence-electron chi connectivity index (χ1n) is 9.56. The second kappa shape index (κ2) is 7.24. The van der Waals surface area contributed by atoms with Crippen LogP contribution in [0.25, 0.3) is 5.69 Å². The summed E-state index contributed by atoms with van der Waals surface area (Å²) in [5.74, 6) is 0.757. The molecule has 1 atom stereocenters. The van der Waals surface area contributed by atoms with Crippen molar-refractivity contribution in [3.8, 4) is 5.69 Å². The molecular weight excluding hydrogens is 364 g/mol. The Kier molecular flexibility index (Phi) is 4.95. The zero-order chi connectivity index (χ0) is 19.1. The molecule has 1 aromatic carbocycles. The van der Waals surface area contributed by atoms with E-state index in [-0.39, 0.29) is 0 Å². The summed E-state index contributed by atoms with van der Waals surface area (Å²) < 4.78 is 2.11. The van der Waals surface area contributed by atoms with E-state index >= 15 is 0 Å². The first kappa shape index (κ1) is 18.4. The number of aromatic nitrogens is 3. The van der Waals surface area contributed by atoms with Crippen molar-refractivity contribution < 1.29 is 9.90 Å². The number of carboxylic acid groups (broad SMARTS) is 1. The van der Waals surface area contributed by atoms with Gasteiger partial charge in [0.2, 0.25) is 0 Å². The van der Waals surface area contributed by atoms with Gasteiger partial charge in [0, 0.05) is 23.4 Å². The molecule has 1 unspecified atom stereocenters. The van der Waals surface area contributed by atoms with Crippen molar-refractivity contribution in [2.24, 2.45) is 5.92 Å². The van der Waals surface area contributed by atoms with Gasteiger partial charge in [0.25, 0.3) is 0 Å². The van der Waals surface area contributed by atoms with Gasteiger partial charge in [0.05, 0.1) is 11.6 Å². The first-order valence-corrected chi connectivity index (χ1v) is 9.94. The van der Waals surface area contributed by atoms with Crippen molar-refractivity contribution in [2.45, 2.75) is 50.5 Å². The third kappa shape index (κ3) is 3.48. The lowest BCUT2D eigenvalue weighted by Crippen LogP contribution is -2.32. The minimum atomic E-state index is -0.801. The van der Waals surface area contributed by atoms with Crippen LogP contribution in [-0.4, -0.2) is 50.9 Å². The molecule has 1 aromatic heterocycles. The summed E-state index contributed by atoms with van der Waals surface area (Å²) in [5, 5.41) is 19.2. The molecule has 0 saturated heterocycles. The lowest BCUT2D eigenvalue weighted by molar-refractivity contribution is -0.141. The highest BCUT2D eigenvalue weighted by Gasteiger charge is 2.33. The monoisotopic (exact) mass is 388 g/mol. The highest BCUT2D eigenvalue weighted by molar-refractivity contribution is 6.30. The molecule has 1 saturated carbocycles. The summed E-state index contributed by atoms with van der Waals surface area (Å²) in [6, 6.07) is 6.34. The number of halogens is 1. The molecule has 2 aromatic rings. The molecule has 144 valence electrons. The number of hydrogen-bond acceptors (Lipinski definition) is 4. The lowest BCUT2D eigenvalue weighted by atomic mass is 9.85. The van der Waals surface area contributed by atoms with Gasteiger partial charge in [-0.25, -0.2) is 0 Å². The molecule has 0 radical (unpaired) electrons. The van der Waals surface area contributed by atoms with E-state index in [4.69, 9.17) is 11.6 Å². The summed E-state index contributed by atoms with van der Waals surface area (Å²) in [6.45, 7) is 0. The molecule has 1 fully saturated rings. The second-order valence-electron chi connectivity index (χ2n) is 8.00. The highest BCUT2D eigenvalue weighted by atomic mass is 35.5. The number of fused-ring (bicyclic) bond motifs is 3. The van der Waals surface area contributed by atoms with Gasteiger partial charge >= 0.3 is 5.97 Å². The average molecular weight is 389 g/mol. The Hall–Kier alpha value is -1.92. The molecule has 0 spiro atoms. The number of rotatable bonds is 3. The van der Waals surface area contributed by atoms with Crippen molar-refractivity contribution in [3.05, 3.63) is 40.4 Å². The van der Waals surface area contributed by atoms with E-state index in [0.717, 1.165) is 48.6 Å². The van der Waals surface area contributed by atoms with Crippen LogP contribution in [0.4, 0.5) is 0 Å². The quantitative estimate of drug-likeness (QED) is 0.873. The summed E-state index contributed by atoms with van der Waals surface area (Å²) in [7, 11) is 4.28. The topological polar surface area (TPSA) is 71.2 Å². The lowest BCUT2D eigenvalue weighted by Gasteiger charge is -2.32. The molecule has 2 aliphatic rings. The van der Waals surface area contributed by atoms with Gasteiger partial charge in [-0.15, -0.1) is 10.2 Å². The maximum absolute atomic E-state index is 11.7. The van der Waals surface area contributed by atoms with Gasteiger partial charge in [-0.3, -0.25) is 9.36 Å². The van der Waals surface area contributed by atoms with Crippen molar-refractivity contribution in [2.75, 3.05) is 14.1 Å². The molecule has 1 aliphatic heterocycles. The third-order valence-electron chi connectivity index (χ3n) is 6.07. The molecule has 0 amide bonds. The Bertz CT molecular complexity index is 856. The van der Waals surface area contributed by atoms with Crippen molar-refractivity contribution in [1.29, 1.82) is 0 Å². The van der Waals surface area contributed by atoms with Crippen LogP contribution < -0.4 is 0 Å². The maximum Gasteiger partial charge on any atom is 0.307 e. The molecule has 0 bridgehead atoms. The Morgan fingerprint density at radius 2 is 1.93 bits per heavy atom. The van der Waals surface area contributed by atoms with Crippen LogP contribution in [0.2, 0.25) is 5.02 Å². The number of benzene rings is 1. The normalized spacial score (nSPS) is 25.0. The Labute approximate surface area is 164 Å². The van der Waals surface area contributed by atoms with Crippen LogP contribution in [0.15, 0.2) is 18.2 Å². The third-order valence-corrected chi connectivity index (χ3v) is 6.31. The number of hydrogen-bond donors (Lipinski definition) is 1. The van der Waals surface area contributed by atoms with Crippen LogP contribution in [0.3, 0.4) is 0 Å². The van der Waals surface area contributed by atoms with Crippen LogP contribution in [0, 0.1) is 5.92 Å². The van der Waals surface area contributed by atoms with Crippen LogP contribution in [-0.2, 0) is 17.6 Å². The second-order valence-corrected chi connectivity index (χ2v) is 8.43. The highest BCUT2D eigenvalue weighted by Crippen LogP contribution is 2.37. The smallest absolute Gasteiger partial charge is 0.307 e. The Morgan fingerprint density at radius 1 is 1.19 bits per heavy atom. The van der Waals surface area contributed by atoms with E-state index in [1.54, 1.807) is 0 Å². The molecule has 1 N–H and O–H groups in total. The van der Waals surface area contributed by atoms with Crippen LogP contribution in [0.1, 0.15) is 48.8 Å². The molecule has 7 heteroatoms. The van der Waals surface area contributed by atoms with E-state index in [1.807, 2.05) is 18.2 Å². The van der Waals surface area contributed by atoms with Gasteiger partial charge in [-0.05, 0) is 70.0 Å². The Morgan fingerprint density at radius 3 is 2.59 bits per heavy atom. The zero-order valence-corrected chi connectivity index (χ0v) is 16.5. The van der Waals surface area contributed by atoms with Crippen LogP contribution in [0.5, 0.6) is 0 Å².